The molecule has 2 saturated carbocycles. The Morgan fingerprint density at radius 2 is 1.28 bits per heavy atom. The van der Waals surface area contributed by atoms with E-state index < -0.39 is 33.0 Å². The third-order valence-corrected chi connectivity index (χ3v) is 26.2. The van der Waals surface area contributed by atoms with Crippen LogP contribution in [-0.4, -0.2) is 3.21 Å². The van der Waals surface area contributed by atoms with E-state index in [1.165, 1.54) is 24.2 Å². The third-order valence-electron chi connectivity index (χ3n) is 17.0. The summed E-state index contributed by atoms with van der Waals surface area (Å²) in [6.45, 7) is 22.4. The summed E-state index contributed by atoms with van der Waals surface area (Å²) >= 11 is -3.38. The van der Waals surface area contributed by atoms with E-state index in [4.69, 9.17) is 0 Å². The van der Waals surface area contributed by atoms with E-state index in [9.17, 15) is 13.2 Å². The molecule has 2 aromatic carbocycles. The molecule has 4 heteroatoms. The van der Waals surface area contributed by atoms with E-state index in [1.807, 2.05) is 6.07 Å². The minimum absolute atomic E-state index is 0.184. The van der Waals surface area contributed by atoms with Crippen molar-refractivity contribution in [2.24, 2.45) is 43.8 Å². The molecule has 0 saturated heterocycles. The predicted molar refractivity (Wildman–Crippen MR) is 211 cm³/mol. The van der Waals surface area contributed by atoms with Gasteiger partial charge in [0.15, 0.2) is 0 Å². The number of alkyl halides is 3. The van der Waals surface area contributed by atoms with Crippen molar-refractivity contribution in [1.82, 2.24) is 0 Å². The molecule has 53 heavy (non-hydrogen) atoms. The van der Waals surface area contributed by atoms with Gasteiger partial charge in [0.1, 0.15) is 0 Å². The van der Waals surface area contributed by atoms with Gasteiger partial charge >= 0.3 is 325 Å². The second-order valence-corrected chi connectivity index (χ2v) is 24.4. The molecule has 274 valence electrons. The van der Waals surface area contributed by atoms with Crippen LogP contribution in [0.4, 0.5) is 13.2 Å². The van der Waals surface area contributed by atoms with Crippen LogP contribution in [-0.2, 0) is 27.4 Å². The number of hydrogen-bond acceptors (Lipinski definition) is 0. The van der Waals surface area contributed by atoms with Gasteiger partial charge in [-0.05, 0) is 0 Å². The van der Waals surface area contributed by atoms with E-state index >= 15 is 0 Å². The summed E-state index contributed by atoms with van der Waals surface area (Å²) in [6.07, 6.45) is 29.7. The molecule has 9 atom stereocenters. The first-order valence-corrected chi connectivity index (χ1v) is 23.2. The Balaban J connectivity index is 1.58. The zero-order valence-electron chi connectivity index (χ0n) is 32.7. The number of rotatable bonds is 4. The molecule has 2 fully saturated rings. The van der Waals surface area contributed by atoms with Crippen molar-refractivity contribution in [2.75, 3.05) is 0 Å². The molecule has 0 aliphatic heterocycles. The molecule has 0 bridgehead atoms. The Hall–Kier alpha value is -3.10. The van der Waals surface area contributed by atoms with E-state index in [-0.39, 0.29) is 47.4 Å². The third kappa shape index (κ3) is 4.26. The van der Waals surface area contributed by atoms with E-state index in [1.54, 1.807) is 6.07 Å². The van der Waals surface area contributed by atoms with Crippen molar-refractivity contribution >= 4 is 3.21 Å². The Morgan fingerprint density at radius 3 is 1.89 bits per heavy atom. The van der Waals surface area contributed by atoms with Gasteiger partial charge in [-0.1, -0.05) is 0 Å². The van der Waals surface area contributed by atoms with Crippen molar-refractivity contribution in [3.63, 3.8) is 0 Å². The van der Waals surface area contributed by atoms with Gasteiger partial charge < -0.3 is 0 Å². The standard InChI is InChI=1S/C29H37.C15H11F3.C5H5.Zr/c1-21-14-13-15-22-20-27(6)25(4)18-10-9-16-23(25,2)24(3)17-11-12-19-26(24,5)29(27,8)28(21,22)7;1-11-5-7-12(8-6-11)9-13-3-2-4-14(10-13)15(16,17)18;1-2-4-5-3-1;/h9-20,22H,1-8H3;2-8,10H,1H3;1-3H,4H2;. The van der Waals surface area contributed by atoms with E-state index in [2.05, 4.69) is 172 Å². The average molecular weight is 790 g/mol. The molecule has 0 N–H and O–H groups in total. The number of aryl methyl sites for hydroxylation is 1. The summed E-state index contributed by atoms with van der Waals surface area (Å²) < 4.78 is 46.6. The Morgan fingerprint density at radius 1 is 0.679 bits per heavy atom. The number of benzene rings is 2. The number of fused-ring (bicyclic) bond motifs is 8. The van der Waals surface area contributed by atoms with Crippen molar-refractivity contribution < 1.29 is 34.4 Å². The number of halogens is 3. The molecule has 6 aliphatic carbocycles. The first-order valence-electron chi connectivity index (χ1n) is 19.3. The van der Waals surface area contributed by atoms with Gasteiger partial charge in [-0.15, -0.1) is 0 Å². The van der Waals surface area contributed by atoms with Crippen LogP contribution < -0.4 is 0 Å². The van der Waals surface area contributed by atoms with Crippen molar-refractivity contribution in [1.29, 1.82) is 0 Å². The van der Waals surface area contributed by atoms with Crippen LogP contribution in [0.2, 0.25) is 3.63 Å². The fourth-order valence-corrected chi connectivity index (χ4v) is 24.6. The molecule has 6 aliphatic rings. The van der Waals surface area contributed by atoms with Crippen LogP contribution in [0.25, 0.3) is 0 Å². The van der Waals surface area contributed by atoms with Crippen molar-refractivity contribution in [3.8, 4) is 0 Å². The van der Waals surface area contributed by atoms with Crippen LogP contribution in [0.1, 0.15) is 84.1 Å². The Kier molecular flexibility index (Phi) is 8.14. The topological polar surface area (TPSA) is 0 Å². The van der Waals surface area contributed by atoms with Crippen LogP contribution in [0.5, 0.6) is 0 Å². The summed E-state index contributed by atoms with van der Waals surface area (Å²) in [6, 6.07) is 14.9. The number of allylic oxidation sites excluding steroid dienone is 16. The zero-order valence-corrected chi connectivity index (χ0v) is 35.2. The molecular formula is C49H53F3Zr. The second kappa shape index (κ2) is 11.7. The molecule has 9 unspecified atom stereocenters. The maximum absolute atomic E-state index is 14.6. The summed E-state index contributed by atoms with van der Waals surface area (Å²) in [7, 11) is 0. The fourth-order valence-electron chi connectivity index (χ4n) is 13.4. The molecule has 8 rings (SSSR count). The zero-order chi connectivity index (χ0) is 38.0. The van der Waals surface area contributed by atoms with Crippen molar-refractivity contribution in [2.45, 2.75) is 78.5 Å². The van der Waals surface area contributed by atoms with Crippen LogP contribution in [0.15, 0.2) is 142 Å². The van der Waals surface area contributed by atoms with Gasteiger partial charge in [-0.25, -0.2) is 0 Å². The molecule has 0 nitrogen and oxygen atoms in total. The first-order chi connectivity index (χ1) is 24.9. The van der Waals surface area contributed by atoms with E-state index in [0.29, 0.717) is 0 Å². The Bertz CT molecular complexity index is 2190. The van der Waals surface area contributed by atoms with E-state index in [0.717, 1.165) is 23.1 Å². The second-order valence-electron chi connectivity index (χ2n) is 18.1. The summed E-state index contributed by atoms with van der Waals surface area (Å²) in [5.41, 5.74) is 1.88. The molecule has 0 amide bonds. The van der Waals surface area contributed by atoms with Crippen LogP contribution in [0.3, 0.4) is 0 Å². The minimum atomic E-state index is -4.44. The first kappa shape index (κ1) is 36.9. The SMILES string of the molecule is CC1=CC=CC2[CH]([Zr]([C]3=CC=CC3)=[C](c3ccc(C)cc3)c3cccc(C(F)(F)F)c3)C3(C)C4(C)C=CC=CC4(C)C4(C)C=CC=CC4(C)C3(C)C12C. The number of hydrogen-bond donors (Lipinski definition) is 0. The molecule has 0 radical (unpaired) electrons. The van der Waals surface area contributed by atoms with Gasteiger partial charge in [-0.2, -0.15) is 0 Å². The average Bonchev–Trinajstić information content (AvgIpc) is 3.71. The summed E-state index contributed by atoms with van der Waals surface area (Å²) in [5, 5.41) is 0. The van der Waals surface area contributed by atoms with Gasteiger partial charge in [-0.3, -0.25) is 0 Å². The summed E-state index contributed by atoms with van der Waals surface area (Å²) in [5.74, 6) is 0.184. The molecular weight excluding hydrogens is 737 g/mol. The van der Waals surface area contributed by atoms with Gasteiger partial charge in [0.2, 0.25) is 0 Å². The normalized spacial score (nSPS) is 41.0. The monoisotopic (exact) mass is 788 g/mol. The summed E-state index contributed by atoms with van der Waals surface area (Å²) in [4.78, 5) is 0. The molecule has 0 aromatic heterocycles. The maximum atomic E-state index is 14.6. The molecule has 0 heterocycles. The van der Waals surface area contributed by atoms with Crippen LogP contribution in [0, 0.1) is 50.7 Å². The Labute approximate surface area is 322 Å². The van der Waals surface area contributed by atoms with Crippen LogP contribution >= 0.6 is 0 Å². The fraction of sp³-hybridized carbons (Fsp3) is 0.408. The molecule has 0 spiro atoms. The molecule has 2 aromatic rings. The van der Waals surface area contributed by atoms with Gasteiger partial charge in [0.05, 0.1) is 0 Å². The quantitative estimate of drug-likeness (QED) is 0.289. The van der Waals surface area contributed by atoms with Crippen molar-refractivity contribution in [3.05, 3.63) is 165 Å². The predicted octanol–water partition coefficient (Wildman–Crippen LogP) is 13.3. The van der Waals surface area contributed by atoms with Gasteiger partial charge in [0, 0.05) is 0 Å². The van der Waals surface area contributed by atoms with Gasteiger partial charge in [0.25, 0.3) is 0 Å².